The normalized spacial score (nSPS) is 16.1. The molecule has 0 unspecified atom stereocenters. The van der Waals surface area contributed by atoms with Crippen molar-refractivity contribution in [3.8, 4) is 0 Å². The summed E-state index contributed by atoms with van der Waals surface area (Å²) < 4.78 is 5.95. The quantitative estimate of drug-likeness (QED) is 0.701. The SMILES string of the molecule is CCc1nsc(N2CCN(Cc3cc(=O)n4ccsc4n3)CC2)n1. The van der Waals surface area contributed by atoms with Crippen LogP contribution in [-0.2, 0) is 13.0 Å². The van der Waals surface area contributed by atoms with Crippen molar-refractivity contribution >= 4 is 33.0 Å². The Morgan fingerprint density at radius 1 is 1.21 bits per heavy atom. The molecular weight excluding hydrogens is 344 g/mol. The zero-order valence-corrected chi connectivity index (χ0v) is 15.0. The van der Waals surface area contributed by atoms with Gasteiger partial charge in [0.2, 0.25) is 5.13 Å². The van der Waals surface area contributed by atoms with E-state index in [9.17, 15) is 4.79 Å². The Hall–Kier alpha value is -1.84. The molecule has 1 aliphatic rings. The molecule has 24 heavy (non-hydrogen) atoms. The van der Waals surface area contributed by atoms with Gasteiger partial charge in [0.15, 0.2) is 4.96 Å². The van der Waals surface area contributed by atoms with Crippen LogP contribution in [0, 0.1) is 0 Å². The molecule has 1 saturated heterocycles. The topological polar surface area (TPSA) is 66.6 Å². The molecule has 0 spiro atoms. The summed E-state index contributed by atoms with van der Waals surface area (Å²) in [5, 5.41) is 2.90. The minimum absolute atomic E-state index is 0.00385. The number of aromatic nitrogens is 4. The summed E-state index contributed by atoms with van der Waals surface area (Å²) in [5.74, 6) is 0.923. The highest BCUT2D eigenvalue weighted by Crippen LogP contribution is 2.19. The summed E-state index contributed by atoms with van der Waals surface area (Å²) in [7, 11) is 0. The van der Waals surface area contributed by atoms with Crippen molar-refractivity contribution in [1.82, 2.24) is 23.6 Å². The largest absolute Gasteiger partial charge is 0.344 e. The van der Waals surface area contributed by atoms with Gasteiger partial charge >= 0.3 is 0 Å². The monoisotopic (exact) mass is 362 g/mol. The van der Waals surface area contributed by atoms with Crippen molar-refractivity contribution in [3.63, 3.8) is 0 Å². The Bertz CT molecular complexity index is 893. The maximum absolute atomic E-state index is 12.1. The number of piperazine rings is 1. The van der Waals surface area contributed by atoms with Crippen molar-refractivity contribution in [2.24, 2.45) is 0 Å². The first-order valence-corrected chi connectivity index (χ1v) is 9.64. The number of nitrogens with zero attached hydrogens (tertiary/aromatic N) is 6. The maximum Gasteiger partial charge on any atom is 0.258 e. The average molecular weight is 362 g/mol. The molecule has 126 valence electrons. The molecular formula is C15H18N6OS2. The van der Waals surface area contributed by atoms with Crippen LogP contribution in [0.4, 0.5) is 5.13 Å². The molecule has 0 saturated carbocycles. The van der Waals surface area contributed by atoms with E-state index in [2.05, 4.69) is 31.1 Å². The summed E-state index contributed by atoms with van der Waals surface area (Å²) in [6.07, 6.45) is 2.65. The van der Waals surface area contributed by atoms with Gasteiger partial charge < -0.3 is 4.90 Å². The van der Waals surface area contributed by atoms with Crippen molar-refractivity contribution in [2.45, 2.75) is 19.9 Å². The van der Waals surface area contributed by atoms with Crippen molar-refractivity contribution in [2.75, 3.05) is 31.1 Å². The number of thiazole rings is 1. The van der Waals surface area contributed by atoms with Gasteiger partial charge in [-0.1, -0.05) is 6.92 Å². The molecule has 1 aliphatic heterocycles. The van der Waals surface area contributed by atoms with E-state index in [1.807, 2.05) is 5.38 Å². The second kappa shape index (κ2) is 6.58. The second-order valence-electron chi connectivity index (χ2n) is 5.75. The van der Waals surface area contributed by atoms with Crippen LogP contribution < -0.4 is 10.5 Å². The van der Waals surface area contributed by atoms with Gasteiger partial charge in [0.05, 0.1) is 5.69 Å². The van der Waals surface area contributed by atoms with Crippen LogP contribution in [0.5, 0.6) is 0 Å². The minimum atomic E-state index is -0.00385. The zero-order chi connectivity index (χ0) is 16.5. The van der Waals surface area contributed by atoms with Gasteiger partial charge in [-0.05, 0) is 0 Å². The number of aryl methyl sites for hydroxylation is 1. The van der Waals surface area contributed by atoms with Gasteiger partial charge in [0.1, 0.15) is 5.82 Å². The first-order valence-electron chi connectivity index (χ1n) is 7.98. The van der Waals surface area contributed by atoms with E-state index >= 15 is 0 Å². The van der Waals surface area contributed by atoms with Crippen LogP contribution in [0.25, 0.3) is 4.96 Å². The third-order valence-electron chi connectivity index (χ3n) is 4.16. The van der Waals surface area contributed by atoms with E-state index in [1.165, 1.54) is 22.9 Å². The van der Waals surface area contributed by atoms with E-state index in [0.29, 0.717) is 6.54 Å². The highest BCUT2D eigenvalue weighted by atomic mass is 32.1. The van der Waals surface area contributed by atoms with Gasteiger partial charge in [-0.15, -0.1) is 11.3 Å². The summed E-state index contributed by atoms with van der Waals surface area (Å²) in [4.78, 5) is 26.6. The predicted molar refractivity (Wildman–Crippen MR) is 96.1 cm³/mol. The van der Waals surface area contributed by atoms with E-state index in [4.69, 9.17) is 0 Å². The highest BCUT2D eigenvalue weighted by Gasteiger charge is 2.20. The van der Waals surface area contributed by atoms with E-state index < -0.39 is 0 Å². The van der Waals surface area contributed by atoms with Crippen LogP contribution >= 0.6 is 22.9 Å². The smallest absolute Gasteiger partial charge is 0.258 e. The Kier molecular flexibility index (Phi) is 4.30. The fraction of sp³-hybridized carbons (Fsp3) is 0.467. The molecule has 4 rings (SSSR count). The third kappa shape index (κ3) is 3.06. The summed E-state index contributed by atoms with van der Waals surface area (Å²) in [6, 6.07) is 1.64. The predicted octanol–water partition coefficient (Wildman–Crippen LogP) is 1.49. The Morgan fingerprint density at radius 2 is 2.04 bits per heavy atom. The molecule has 0 amide bonds. The molecule has 0 aromatic carbocycles. The fourth-order valence-corrected chi connectivity index (χ4v) is 4.35. The second-order valence-corrected chi connectivity index (χ2v) is 7.35. The number of hydrogen-bond acceptors (Lipinski definition) is 8. The van der Waals surface area contributed by atoms with Crippen LogP contribution in [-0.4, -0.2) is 49.8 Å². The number of anilines is 1. The third-order valence-corrected chi connectivity index (χ3v) is 5.73. The van der Waals surface area contributed by atoms with Crippen LogP contribution in [0.15, 0.2) is 22.4 Å². The van der Waals surface area contributed by atoms with Gasteiger partial charge in [-0.25, -0.2) is 9.97 Å². The molecule has 3 aromatic heterocycles. The molecule has 0 bridgehead atoms. The van der Waals surface area contributed by atoms with Crippen molar-refractivity contribution in [1.29, 1.82) is 0 Å². The molecule has 3 aromatic rings. The first-order chi connectivity index (χ1) is 11.7. The molecule has 9 heteroatoms. The van der Waals surface area contributed by atoms with Gasteiger partial charge in [-0.3, -0.25) is 14.1 Å². The van der Waals surface area contributed by atoms with Gasteiger partial charge in [-0.2, -0.15) is 4.37 Å². The molecule has 0 radical (unpaired) electrons. The Balaban J connectivity index is 1.41. The first kappa shape index (κ1) is 15.7. The summed E-state index contributed by atoms with van der Waals surface area (Å²) in [5.41, 5.74) is 0.843. The van der Waals surface area contributed by atoms with Gasteiger partial charge in [0.25, 0.3) is 5.56 Å². The number of rotatable bonds is 4. The van der Waals surface area contributed by atoms with E-state index in [-0.39, 0.29) is 5.56 Å². The molecule has 0 atom stereocenters. The Labute approximate surface area is 147 Å². The van der Waals surface area contributed by atoms with E-state index in [0.717, 1.165) is 54.2 Å². The van der Waals surface area contributed by atoms with E-state index in [1.54, 1.807) is 16.7 Å². The molecule has 4 heterocycles. The minimum Gasteiger partial charge on any atom is -0.344 e. The molecule has 0 N–H and O–H groups in total. The highest BCUT2D eigenvalue weighted by molar-refractivity contribution is 7.15. The van der Waals surface area contributed by atoms with Crippen LogP contribution in [0.3, 0.4) is 0 Å². The van der Waals surface area contributed by atoms with Crippen LogP contribution in [0.2, 0.25) is 0 Å². The van der Waals surface area contributed by atoms with Gasteiger partial charge in [0, 0.05) is 68.3 Å². The van der Waals surface area contributed by atoms with Crippen molar-refractivity contribution < 1.29 is 0 Å². The summed E-state index contributed by atoms with van der Waals surface area (Å²) in [6.45, 7) is 6.52. The number of fused-ring (bicyclic) bond motifs is 1. The lowest BCUT2D eigenvalue weighted by Gasteiger charge is -2.34. The lowest BCUT2D eigenvalue weighted by atomic mass is 10.3. The lowest BCUT2D eigenvalue weighted by molar-refractivity contribution is 0.247. The Morgan fingerprint density at radius 3 is 2.79 bits per heavy atom. The lowest BCUT2D eigenvalue weighted by Crippen LogP contribution is -2.46. The average Bonchev–Trinajstić information content (AvgIpc) is 3.24. The number of hydrogen-bond donors (Lipinski definition) is 0. The standard InChI is InChI=1S/C15H18N6OS2/c1-2-12-17-14(24-18-12)20-5-3-19(4-6-20)10-11-9-13(22)21-7-8-23-15(21)16-11/h7-9H,2-6,10H2,1H3. The molecule has 7 nitrogen and oxygen atoms in total. The molecule has 1 fully saturated rings. The fourth-order valence-electron chi connectivity index (χ4n) is 2.81. The van der Waals surface area contributed by atoms with Crippen molar-refractivity contribution in [3.05, 3.63) is 39.5 Å². The molecule has 0 aliphatic carbocycles. The maximum atomic E-state index is 12.1. The zero-order valence-electron chi connectivity index (χ0n) is 13.4. The van der Waals surface area contributed by atoms with Crippen LogP contribution in [0.1, 0.15) is 18.4 Å². The summed E-state index contributed by atoms with van der Waals surface area (Å²) >= 11 is 2.97.